The van der Waals surface area contributed by atoms with Crippen molar-refractivity contribution in [3.8, 4) is 0 Å². The minimum atomic E-state index is -3.22. The van der Waals surface area contributed by atoms with Crippen molar-refractivity contribution in [1.29, 1.82) is 0 Å². The molecule has 1 aliphatic heterocycles. The number of hydrogen-bond donors (Lipinski definition) is 2. The van der Waals surface area contributed by atoms with Gasteiger partial charge in [-0.05, 0) is 12.8 Å². The predicted octanol–water partition coefficient (Wildman–Crippen LogP) is -0.871. The molecule has 0 aliphatic carbocycles. The summed E-state index contributed by atoms with van der Waals surface area (Å²) in [4.78, 5) is 23.6. The van der Waals surface area contributed by atoms with E-state index >= 15 is 0 Å². The van der Waals surface area contributed by atoms with Crippen LogP contribution in [0.15, 0.2) is 6.20 Å². The summed E-state index contributed by atoms with van der Waals surface area (Å²) in [6, 6.07) is 0. The number of carbonyl (C=O) groups is 2. The Bertz CT molecular complexity index is 688. The largest absolute Gasteiger partial charge is 0.364 e. The lowest BCUT2D eigenvalue weighted by Crippen LogP contribution is -2.41. The van der Waals surface area contributed by atoms with Gasteiger partial charge in [0.05, 0.1) is 18.1 Å². The minimum absolute atomic E-state index is 0.127. The molecule has 3 N–H and O–H groups in total. The van der Waals surface area contributed by atoms with Crippen LogP contribution in [0.3, 0.4) is 0 Å². The molecule has 0 spiro atoms. The number of nitrogens with one attached hydrogen (secondary N) is 1. The van der Waals surface area contributed by atoms with Gasteiger partial charge in [0.15, 0.2) is 0 Å². The van der Waals surface area contributed by atoms with Crippen molar-refractivity contribution >= 4 is 27.5 Å². The van der Waals surface area contributed by atoms with Gasteiger partial charge in [-0.1, -0.05) is 0 Å². The molecule has 122 valence electrons. The van der Waals surface area contributed by atoms with E-state index in [1.807, 2.05) is 0 Å². The lowest BCUT2D eigenvalue weighted by molar-refractivity contribution is -0.120. The maximum absolute atomic E-state index is 12.2. The number of rotatable bonds is 4. The van der Waals surface area contributed by atoms with Gasteiger partial charge >= 0.3 is 0 Å². The molecule has 2 heterocycles. The molecular formula is C12H19N5O4S. The topological polar surface area (TPSA) is 127 Å². The van der Waals surface area contributed by atoms with Crippen molar-refractivity contribution in [3.63, 3.8) is 0 Å². The normalized spacial score (nSPS) is 17.4. The fraction of sp³-hybridized carbons (Fsp3) is 0.583. The number of sulfonamides is 1. The van der Waals surface area contributed by atoms with Crippen molar-refractivity contribution < 1.29 is 18.0 Å². The lowest BCUT2D eigenvalue weighted by atomic mass is 9.97. The van der Waals surface area contributed by atoms with Gasteiger partial charge in [0, 0.05) is 26.1 Å². The number of carbonyl (C=O) groups excluding carboxylic acids is 2. The number of primary amides is 1. The van der Waals surface area contributed by atoms with Crippen LogP contribution in [-0.2, 0) is 21.9 Å². The minimum Gasteiger partial charge on any atom is -0.364 e. The second-order valence-corrected chi connectivity index (χ2v) is 7.30. The second-order valence-electron chi connectivity index (χ2n) is 5.32. The standard InChI is InChI=1S/C12H19N5O4S/c1-16-10(11(13)18)9(7-14-16)15-12(19)8-3-5-17(6-4-8)22(2,20)21/h7-8H,3-6H2,1-2H3,(H2,13,18)(H,15,19). The Balaban J connectivity index is 2.01. The molecule has 1 fully saturated rings. The average Bonchev–Trinajstić information content (AvgIpc) is 2.79. The molecule has 0 saturated carbocycles. The van der Waals surface area contributed by atoms with E-state index in [9.17, 15) is 18.0 Å². The van der Waals surface area contributed by atoms with Crippen LogP contribution in [0.25, 0.3) is 0 Å². The SMILES string of the molecule is Cn1ncc(NC(=O)C2CCN(S(C)(=O)=O)CC2)c1C(N)=O. The first-order chi connectivity index (χ1) is 10.2. The van der Waals surface area contributed by atoms with Gasteiger partial charge in [-0.3, -0.25) is 14.3 Å². The molecule has 2 amide bonds. The Labute approximate surface area is 128 Å². The van der Waals surface area contributed by atoms with Crippen LogP contribution in [0, 0.1) is 5.92 Å². The zero-order chi connectivity index (χ0) is 16.5. The maximum atomic E-state index is 12.2. The number of hydrogen-bond acceptors (Lipinski definition) is 5. The van der Waals surface area contributed by atoms with Gasteiger partial charge in [-0.2, -0.15) is 5.10 Å². The van der Waals surface area contributed by atoms with Crippen molar-refractivity contribution in [3.05, 3.63) is 11.9 Å². The maximum Gasteiger partial charge on any atom is 0.269 e. The highest BCUT2D eigenvalue weighted by Gasteiger charge is 2.29. The molecular weight excluding hydrogens is 310 g/mol. The first kappa shape index (κ1) is 16.4. The van der Waals surface area contributed by atoms with Crippen LogP contribution in [0.2, 0.25) is 0 Å². The van der Waals surface area contributed by atoms with E-state index in [0.29, 0.717) is 25.9 Å². The molecule has 0 bridgehead atoms. The summed E-state index contributed by atoms with van der Waals surface area (Å²) in [7, 11) is -1.67. The quantitative estimate of drug-likeness (QED) is 0.742. The number of piperidine rings is 1. The molecule has 2 rings (SSSR count). The molecule has 1 aliphatic rings. The van der Waals surface area contributed by atoms with E-state index in [2.05, 4.69) is 10.4 Å². The average molecular weight is 329 g/mol. The van der Waals surface area contributed by atoms with Crippen molar-refractivity contribution in [1.82, 2.24) is 14.1 Å². The van der Waals surface area contributed by atoms with Gasteiger partial charge in [0.2, 0.25) is 15.9 Å². The third kappa shape index (κ3) is 3.45. The molecule has 9 nitrogen and oxygen atoms in total. The van der Waals surface area contributed by atoms with E-state index in [-0.39, 0.29) is 23.2 Å². The van der Waals surface area contributed by atoms with Gasteiger partial charge in [0.25, 0.3) is 5.91 Å². The van der Waals surface area contributed by atoms with Crippen LogP contribution < -0.4 is 11.1 Å². The van der Waals surface area contributed by atoms with Crippen molar-refractivity contribution in [2.45, 2.75) is 12.8 Å². The third-order valence-corrected chi connectivity index (χ3v) is 5.03. The Hall–Kier alpha value is -1.94. The number of aromatic nitrogens is 2. The van der Waals surface area contributed by atoms with Crippen LogP contribution in [0.4, 0.5) is 5.69 Å². The fourth-order valence-electron chi connectivity index (χ4n) is 2.51. The second kappa shape index (κ2) is 6.05. The van der Waals surface area contributed by atoms with Gasteiger partial charge in [-0.25, -0.2) is 12.7 Å². The van der Waals surface area contributed by atoms with E-state index in [1.165, 1.54) is 15.2 Å². The molecule has 1 aromatic heterocycles. The summed E-state index contributed by atoms with van der Waals surface area (Å²) in [6.07, 6.45) is 3.39. The number of nitrogens with zero attached hydrogens (tertiary/aromatic N) is 3. The summed E-state index contributed by atoms with van der Waals surface area (Å²) in [5.41, 5.74) is 5.65. The molecule has 22 heavy (non-hydrogen) atoms. The first-order valence-corrected chi connectivity index (χ1v) is 8.62. The first-order valence-electron chi connectivity index (χ1n) is 6.78. The Morgan fingerprint density at radius 1 is 1.36 bits per heavy atom. The smallest absolute Gasteiger partial charge is 0.269 e. The monoisotopic (exact) mass is 329 g/mol. The van der Waals surface area contributed by atoms with E-state index in [4.69, 9.17) is 5.73 Å². The molecule has 10 heteroatoms. The van der Waals surface area contributed by atoms with Crippen molar-refractivity contribution in [2.24, 2.45) is 18.7 Å². The number of amides is 2. The molecule has 1 aromatic rings. The lowest BCUT2D eigenvalue weighted by Gasteiger charge is -2.29. The summed E-state index contributed by atoms with van der Waals surface area (Å²) < 4.78 is 25.5. The zero-order valence-corrected chi connectivity index (χ0v) is 13.3. The predicted molar refractivity (Wildman–Crippen MR) is 79.5 cm³/mol. The molecule has 0 aromatic carbocycles. The number of aryl methyl sites for hydroxylation is 1. The van der Waals surface area contributed by atoms with Crippen LogP contribution in [0.5, 0.6) is 0 Å². The number of anilines is 1. The molecule has 0 atom stereocenters. The summed E-state index contributed by atoms with van der Waals surface area (Å²) in [6.45, 7) is 0.624. The fourth-order valence-corrected chi connectivity index (χ4v) is 3.38. The van der Waals surface area contributed by atoms with Crippen LogP contribution >= 0.6 is 0 Å². The van der Waals surface area contributed by atoms with E-state index in [0.717, 1.165) is 6.26 Å². The van der Waals surface area contributed by atoms with Crippen LogP contribution in [-0.4, -0.2) is 53.7 Å². The van der Waals surface area contributed by atoms with Crippen LogP contribution in [0.1, 0.15) is 23.3 Å². The zero-order valence-electron chi connectivity index (χ0n) is 12.4. The molecule has 1 saturated heterocycles. The highest BCUT2D eigenvalue weighted by atomic mass is 32.2. The highest BCUT2D eigenvalue weighted by molar-refractivity contribution is 7.88. The molecule has 0 unspecified atom stereocenters. The van der Waals surface area contributed by atoms with Gasteiger partial charge in [-0.15, -0.1) is 0 Å². The highest BCUT2D eigenvalue weighted by Crippen LogP contribution is 2.22. The Kier molecular flexibility index (Phi) is 4.52. The summed E-state index contributed by atoms with van der Waals surface area (Å²) >= 11 is 0. The van der Waals surface area contributed by atoms with Crippen molar-refractivity contribution in [2.75, 3.05) is 24.7 Å². The van der Waals surface area contributed by atoms with E-state index in [1.54, 1.807) is 7.05 Å². The summed E-state index contributed by atoms with van der Waals surface area (Å²) in [5, 5.41) is 6.54. The van der Waals surface area contributed by atoms with E-state index < -0.39 is 15.9 Å². The Morgan fingerprint density at radius 3 is 2.45 bits per heavy atom. The summed E-state index contributed by atoms with van der Waals surface area (Å²) in [5.74, 6) is -1.25. The Morgan fingerprint density at radius 2 is 1.95 bits per heavy atom. The van der Waals surface area contributed by atoms with Gasteiger partial charge in [0.1, 0.15) is 5.69 Å². The molecule has 0 radical (unpaired) electrons. The number of nitrogens with two attached hydrogens (primary N) is 1. The van der Waals surface area contributed by atoms with Gasteiger partial charge < -0.3 is 11.1 Å². The third-order valence-electron chi connectivity index (χ3n) is 3.72.